The quantitative estimate of drug-likeness (QED) is 0.709. The zero-order valence-corrected chi connectivity index (χ0v) is 8.44. The lowest BCUT2D eigenvalue weighted by atomic mass is 10.1. The minimum absolute atomic E-state index is 0.0283. The van der Waals surface area contributed by atoms with E-state index in [-0.39, 0.29) is 22.4 Å². The van der Waals surface area contributed by atoms with Gasteiger partial charge in [-0.15, -0.1) is 0 Å². The molecule has 5 heteroatoms. The fraction of sp³-hybridized carbons (Fsp3) is 0.444. The molecular weight excluding hydrogens is 205 g/mol. The van der Waals surface area contributed by atoms with Crippen LogP contribution in [-0.4, -0.2) is 18.0 Å². The third kappa shape index (κ3) is 1.64. The highest BCUT2D eigenvalue weighted by molar-refractivity contribution is 8.03. The van der Waals surface area contributed by atoms with E-state index in [9.17, 15) is 9.18 Å². The Morgan fingerprint density at radius 1 is 1.71 bits per heavy atom. The highest BCUT2D eigenvalue weighted by atomic mass is 32.2. The molecule has 0 aliphatic carbocycles. The second kappa shape index (κ2) is 3.65. The van der Waals surface area contributed by atoms with Crippen molar-refractivity contribution in [1.29, 1.82) is 0 Å². The number of rotatable bonds is 2. The van der Waals surface area contributed by atoms with Crippen molar-refractivity contribution in [2.45, 2.75) is 12.3 Å². The molecule has 0 radical (unpaired) electrons. The first kappa shape index (κ1) is 9.58. The number of nitrogens with one attached hydrogen (secondary N) is 1. The van der Waals surface area contributed by atoms with Gasteiger partial charge in [-0.05, 0) is 19.1 Å². The molecule has 0 amide bonds. The van der Waals surface area contributed by atoms with E-state index in [1.165, 1.54) is 6.08 Å². The second-order valence-corrected chi connectivity index (χ2v) is 4.17. The maximum atomic E-state index is 12.8. The van der Waals surface area contributed by atoms with Crippen LogP contribution in [0.5, 0.6) is 0 Å². The Bertz CT molecular complexity index is 327. The number of carbonyl (C=O) groups excluding carboxylic acids is 1. The summed E-state index contributed by atoms with van der Waals surface area (Å²) < 4.78 is 17.6. The average molecular weight is 215 g/mol. The molecule has 2 aliphatic heterocycles. The molecule has 2 aliphatic rings. The Morgan fingerprint density at radius 3 is 3.14 bits per heavy atom. The van der Waals surface area contributed by atoms with Crippen molar-refractivity contribution in [3.8, 4) is 0 Å². The van der Waals surface area contributed by atoms with E-state index in [0.717, 1.165) is 11.8 Å². The molecule has 76 valence electrons. The van der Waals surface area contributed by atoms with Crippen molar-refractivity contribution in [2.75, 3.05) is 6.61 Å². The molecule has 2 heterocycles. The predicted octanol–water partition coefficient (Wildman–Crippen LogP) is 1.54. The van der Waals surface area contributed by atoms with Crippen LogP contribution in [0.2, 0.25) is 0 Å². The maximum Gasteiger partial charge on any atom is 0.354 e. The van der Waals surface area contributed by atoms with E-state index in [4.69, 9.17) is 4.74 Å². The highest BCUT2D eigenvalue weighted by Crippen LogP contribution is 2.40. The number of ether oxygens (including phenoxy) is 1. The molecule has 0 aromatic rings. The molecule has 2 atom stereocenters. The predicted molar refractivity (Wildman–Crippen MR) is 51.9 cm³/mol. The molecule has 0 aromatic heterocycles. The van der Waals surface area contributed by atoms with Crippen molar-refractivity contribution in [3.05, 3.63) is 23.0 Å². The van der Waals surface area contributed by atoms with E-state index < -0.39 is 0 Å². The molecule has 1 N–H and O–H groups in total. The number of hydrogen-bond donors (Lipinski definition) is 1. The van der Waals surface area contributed by atoms with Crippen LogP contribution in [0.25, 0.3) is 0 Å². The Balaban J connectivity index is 2.05. The van der Waals surface area contributed by atoms with Crippen LogP contribution >= 0.6 is 11.8 Å². The summed E-state index contributed by atoms with van der Waals surface area (Å²) in [6.07, 6.45) is 3.22. The average Bonchev–Trinajstić information content (AvgIpc) is 2.61. The lowest BCUT2D eigenvalue weighted by molar-refractivity contribution is -0.138. The van der Waals surface area contributed by atoms with E-state index in [0.29, 0.717) is 12.3 Å². The molecule has 0 aromatic carbocycles. The Labute approximate surface area is 85.4 Å². The summed E-state index contributed by atoms with van der Waals surface area (Å²) in [4.78, 5) is 11.3. The standard InChI is InChI=1S/C9H10FNO2S/c1-2-13-9(12)6-3-5-4-7(10)14-8(5)11-6/h3-5,8,11H,2H2,1H3. The molecule has 0 saturated heterocycles. The fourth-order valence-electron chi connectivity index (χ4n) is 1.47. The first-order chi connectivity index (χ1) is 6.70. The smallest absolute Gasteiger partial charge is 0.354 e. The summed E-state index contributed by atoms with van der Waals surface area (Å²) in [6, 6.07) is 0. The van der Waals surface area contributed by atoms with Gasteiger partial charge in [0.2, 0.25) is 0 Å². The van der Waals surface area contributed by atoms with Crippen LogP contribution < -0.4 is 5.32 Å². The van der Waals surface area contributed by atoms with Crippen molar-refractivity contribution >= 4 is 17.7 Å². The van der Waals surface area contributed by atoms with Gasteiger partial charge in [0, 0.05) is 5.92 Å². The summed E-state index contributed by atoms with van der Waals surface area (Å²) in [5.74, 6) is -0.393. The monoisotopic (exact) mass is 215 g/mol. The lowest BCUT2D eigenvalue weighted by Crippen LogP contribution is -2.25. The summed E-state index contributed by atoms with van der Waals surface area (Å²) in [6.45, 7) is 2.10. The van der Waals surface area contributed by atoms with Gasteiger partial charge < -0.3 is 10.1 Å². The maximum absolute atomic E-state index is 12.8. The minimum Gasteiger partial charge on any atom is -0.461 e. The molecule has 0 fully saturated rings. The van der Waals surface area contributed by atoms with Gasteiger partial charge in [-0.25, -0.2) is 4.79 Å². The van der Waals surface area contributed by atoms with Gasteiger partial charge in [0.15, 0.2) is 5.16 Å². The van der Waals surface area contributed by atoms with E-state index in [1.54, 1.807) is 13.0 Å². The van der Waals surface area contributed by atoms with E-state index in [2.05, 4.69) is 5.32 Å². The molecule has 0 saturated carbocycles. The van der Waals surface area contributed by atoms with Gasteiger partial charge in [0.1, 0.15) is 5.70 Å². The number of carbonyl (C=O) groups is 1. The molecular formula is C9H10FNO2S. The SMILES string of the molecule is CCOC(=O)C1=CC2C=C(F)SC2N1. The number of hydrogen-bond acceptors (Lipinski definition) is 4. The van der Waals surface area contributed by atoms with Crippen molar-refractivity contribution in [1.82, 2.24) is 5.32 Å². The van der Waals surface area contributed by atoms with Crippen LogP contribution in [0.3, 0.4) is 0 Å². The Kier molecular flexibility index (Phi) is 2.50. The van der Waals surface area contributed by atoms with E-state index >= 15 is 0 Å². The number of esters is 1. The fourth-order valence-corrected chi connectivity index (χ4v) is 2.45. The normalized spacial score (nSPS) is 29.0. The number of halogens is 1. The minimum atomic E-state index is -0.365. The molecule has 0 spiro atoms. The third-order valence-electron chi connectivity index (χ3n) is 2.06. The van der Waals surface area contributed by atoms with Crippen molar-refractivity contribution in [2.24, 2.45) is 5.92 Å². The van der Waals surface area contributed by atoms with Gasteiger partial charge >= 0.3 is 5.97 Å². The Morgan fingerprint density at radius 2 is 2.50 bits per heavy atom. The topological polar surface area (TPSA) is 38.3 Å². The second-order valence-electron chi connectivity index (χ2n) is 3.03. The van der Waals surface area contributed by atoms with Crippen LogP contribution in [0.1, 0.15) is 6.92 Å². The number of fused-ring (bicyclic) bond motifs is 1. The first-order valence-corrected chi connectivity index (χ1v) is 5.28. The van der Waals surface area contributed by atoms with Crippen LogP contribution in [0.4, 0.5) is 4.39 Å². The largest absolute Gasteiger partial charge is 0.461 e. The van der Waals surface area contributed by atoms with Crippen molar-refractivity contribution < 1.29 is 13.9 Å². The zero-order chi connectivity index (χ0) is 10.1. The molecule has 14 heavy (non-hydrogen) atoms. The zero-order valence-electron chi connectivity index (χ0n) is 7.62. The number of thioether (sulfide) groups is 1. The molecule has 2 rings (SSSR count). The summed E-state index contributed by atoms with van der Waals surface area (Å²) >= 11 is 1.10. The summed E-state index contributed by atoms with van der Waals surface area (Å²) in [7, 11) is 0. The third-order valence-corrected chi connectivity index (χ3v) is 3.11. The van der Waals surface area contributed by atoms with Gasteiger partial charge in [-0.2, -0.15) is 4.39 Å². The first-order valence-electron chi connectivity index (χ1n) is 4.40. The summed E-state index contributed by atoms with van der Waals surface area (Å²) in [5, 5.41) is 2.66. The molecule has 3 nitrogen and oxygen atoms in total. The lowest BCUT2D eigenvalue weighted by Gasteiger charge is -2.09. The van der Waals surface area contributed by atoms with Crippen LogP contribution in [-0.2, 0) is 9.53 Å². The molecule has 0 bridgehead atoms. The van der Waals surface area contributed by atoms with Gasteiger partial charge in [-0.1, -0.05) is 11.8 Å². The van der Waals surface area contributed by atoms with Crippen LogP contribution in [0.15, 0.2) is 23.0 Å². The van der Waals surface area contributed by atoms with Gasteiger partial charge in [0.05, 0.1) is 12.0 Å². The van der Waals surface area contributed by atoms with Gasteiger partial charge in [0.25, 0.3) is 0 Å². The highest BCUT2D eigenvalue weighted by Gasteiger charge is 2.35. The van der Waals surface area contributed by atoms with Crippen molar-refractivity contribution in [3.63, 3.8) is 0 Å². The van der Waals surface area contributed by atoms with Gasteiger partial charge in [-0.3, -0.25) is 0 Å². The van der Waals surface area contributed by atoms with Crippen LogP contribution in [0, 0.1) is 5.92 Å². The van der Waals surface area contributed by atoms with E-state index in [1.807, 2.05) is 0 Å². The summed E-state index contributed by atoms with van der Waals surface area (Å²) in [5.41, 5.74) is 0.443. The molecule has 2 unspecified atom stereocenters. The Hall–Kier alpha value is -0.970.